The van der Waals surface area contributed by atoms with Crippen molar-refractivity contribution in [3.05, 3.63) is 0 Å². The molecule has 0 radical (unpaired) electrons. The molecule has 0 amide bonds. The summed E-state index contributed by atoms with van der Waals surface area (Å²) in [6.07, 6.45) is 5.56. The summed E-state index contributed by atoms with van der Waals surface area (Å²) in [6, 6.07) is 0. The minimum absolute atomic E-state index is 0.775. The van der Waals surface area contributed by atoms with E-state index in [0.29, 0.717) is 0 Å². The Morgan fingerprint density at radius 2 is 2.10 bits per heavy atom. The molecule has 0 rings (SSSR count). The number of thiol groups is 1. The fourth-order valence-electron chi connectivity index (χ4n) is 0.610. The average molecular weight is 163 g/mol. The van der Waals surface area contributed by atoms with Crippen molar-refractivity contribution in [1.29, 1.82) is 0 Å². The van der Waals surface area contributed by atoms with Crippen LogP contribution in [0.3, 0.4) is 0 Å². The molecule has 3 nitrogen and oxygen atoms in total. The van der Waals surface area contributed by atoms with Crippen LogP contribution < -0.4 is 0 Å². The molecular formula is C6H13NO2S. The van der Waals surface area contributed by atoms with Gasteiger partial charge in [0.15, 0.2) is 0 Å². The second kappa shape index (κ2) is 6.74. The summed E-state index contributed by atoms with van der Waals surface area (Å²) in [6.45, 7) is 2.10. The smallest absolute Gasteiger partial charge is 0.208 e. The fraction of sp³-hybridized carbons (Fsp3) is 0.833. The SMILES string of the molecule is CCCCCC=N[SH](=O)=O. The highest BCUT2D eigenvalue weighted by molar-refractivity contribution is 7.71. The van der Waals surface area contributed by atoms with E-state index in [2.05, 4.69) is 11.3 Å². The molecule has 0 heterocycles. The van der Waals surface area contributed by atoms with Gasteiger partial charge in [0.25, 0.3) is 0 Å². The van der Waals surface area contributed by atoms with Gasteiger partial charge in [0.2, 0.25) is 10.9 Å². The largest absolute Gasteiger partial charge is 0.242 e. The highest BCUT2D eigenvalue weighted by Gasteiger charge is 1.81. The van der Waals surface area contributed by atoms with Crippen LogP contribution >= 0.6 is 0 Å². The third-order valence-electron chi connectivity index (χ3n) is 1.11. The van der Waals surface area contributed by atoms with E-state index >= 15 is 0 Å². The number of rotatable bonds is 5. The minimum Gasteiger partial charge on any atom is -0.208 e. The van der Waals surface area contributed by atoms with E-state index in [-0.39, 0.29) is 0 Å². The molecule has 0 unspecified atom stereocenters. The zero-order chi connectivity index (χ0) is 7.82. The second-order valence-electron chi connectivity index (χ2n) is 2.03. The second-order valence-corrected chi connectivity index (χ2v) is 2.74. The summed E-state index contributed by atoms with van der Waals surface area (Å²) in [5, 5.41) is 0. The lowest BCUT2D eigenvalue weighted by molar-refractivity contribution is 0.616. The van der Waals surface area contributed by atoms with Crippen LogP contribution in [-0.4, -0.2) is 14.6 Å². The van der Waals surface area contributed by atoms with Gasteiger partial charge in [-0.25, -0.2) is 8.42 Å². The van der Waals surface area contributed by atoms with Gasteiger partial charge in [-0.05, 0) is 12.8 Å². The van der Waals surface area contributed by atoms with Gasteiger partial charge in [-0.1, -0.05) is 19.8 Å². The number of hydrogen-bond acceptors (Lipinski definition) is 2. The third-order valence-corrected chi connectivity index (χ3v) is 1.46. The van der Waals surface area contributed by atoms with E-state index in [1.54, 1.807) is 0 Å². The molecule has 0 aliphatic carbocycles. The summed E-state index contributed by atoms with van der Waals surface area (Å²) < 4.78 is 23.0. The van der Waals surface area contributed by atoms with Gasteiger partial charge in [-0.2, -0.15) is 4.40 Å². The van der Waals surface area contributed by atoms with Crippen LogP contribution in [0.4, 0.5) is 0 Å². The van der Waals surface area contributed by atoms with E-state index in [4.69, 9.17) is 0 Å². The first-order chi connectivity index (χ1) is 4.77. The molecule has 0 aromatic rings. The Bertz CT molecular complexity index is 155. The quantitative estimate of drug-likeness (QED) is 0.375. The summed E-state index contributed by atoms with van der Waals surface area (Å²) >= 11 is 0. The minimum atomic E-state index is -2.55. The van der Waals surface area contributed by atoms with Crippen molar-refractivity contribution in [3.63, 3.8) is 0 Å². The van der Waals surface area contributed by atoms with Crippen molar-refractivity contribution in [2.24, 2.45) is 4.40 Å². The van der Waals surface area contributed by atoms with Crippen LogP contribution in [-0.2, 0) is 10.9 Å². The zero-order valence-electron chi connectivity index (χ0n) is 6.12. The molecule has 0 fully saturated rings. The van der Waals surface area contributed by atoms with Crippen molar-refractivity contribution in [2.45, 2.75) is 32.6 Å². The van der Waals surface area contributed by atoms with Gasteiger partial charge in [-0.3, -0.25) is 0 Å². The van der Waals surface area contributed by atoms with E-state index < -0.39 is 10.9 Å². The molecule has 0 saturated heterocycles. The molecule has 10 heavy (non-hydrogen) atoms. The molecule has 0 aliphatic rings. The van der Waals surface area contributed by atoms with Crippen molar-refractivity contribution in [1.82, 2.24) is 0 Å². The molecule has 0 bridgehead atoms. The molecule has 0 aliphatic heterocycles. The lowest BCUT2D eigenvalue weighted by atomic mass is 10.2. The topological polar surface area (TPSA) is 46.5 Å². The molecule has 0 saturated carbocycles. The lowest BCUT2D eigenvalue weighted by Gasteiger charge is -1.88. The van der Waals surface area contributed by atoms with Crippen LogP contribution in [0.5, 0.6) is 0 Å². The van der Waals surface area contributed by atoms with Gasteiger partial charge >= 0.3 is 0 Å². The maximum Gasteiger partial charge on any atom is 0.242 e. The van der Waals surface area contributed by atoms with Crippen LogP contribution in [0.15, 0.2) is 4.40 Å². The normalized spacial score (nSPS) is 11.4. The number of nitrogens with zero attached hydrogens (tertiary/aromatic N) is 1. The fourth-order valence-corrected chi connectivity index (χ4v) is 0.859. The lowest BCUT2D eigenvalue weighted by Crippen LogP contribution is -1.77. The third kappa shape index (κ3) is 7.62. The highest BCUT2D eigenvalue weighted by Crippen LogP contribution is 1.95. The predicted octanol–water partition coefficient (Wildman–Crippen LogP) is 1.16. The van der Waals surface area contributed by atoms with Crippen LogP contribution in [0.2, 0.25) is 0 Å². The van der Waals surface area contributed by atoms with Crippen molar-refractivity contribution >= 4 is 17.1 Å². The summed E-state index contributed by atoms with van der Waals surface area (Å²) in [7, 11) is -2.55. The van der Waals surface area contributed by atoms with Gasteiger partial charge < -0.3 is 0 Å². The van der Waals surface area contributed by atoms with Gasteiger partial charge in [0.1, 0.15) is 0 Å². The average Bonchev–Trinajstić information content (AvgIpc) is 1.87. The molecule has 60 valence electrons. The Labute approximate surface area is 63.3 Å². The molecule has 0 N–H and O–H groups in total. The highest BCUT2D eigenvalue weighted by atomic mass is 32.2. The van der Waals surface area contributed by atoms with Crippen molar-refractivity contribution < 1.29 is 8.42 Å². The maximum atomic E-state index is 9.87. The maximum absolute atomic E-state index is 9.87. The Kier molecular flexibility index (Phi) is 6.48. The summed E-state index contributed by atoms with van der Waals surface area (Å²) in [4.78, 5) is 0. The van der Waals surface area contributed by atoms with Gasteiger partial charge in [-0.15, -0.1) is 0 Å². The van der Waals surface area contributed by atoms with Crippen molar-refractivity contribution in [2.75, 3.05) is 0 Å². The molecule has 0 spiro atoms. The standard InChI is InChI=1S/C6H13NO2S/c1-2-3-4-5-6-7-10(8)9/h6,10H,2-5H2,1H3. The number of hydrogen-bond donors (Lipinski definition) is 1. The predicted molar refractivity (Wildman–Crippen MR) is 42.9 cm³/mol. The molecule has 4 heteroatoms. The first-order valence-electron chi connectivity index (χ1n) is 3.44. The molecular weight excluding hydrogens is 150 g/mol. The monoisotopic (exact) mass is 163 g/mol. The van der Waals surface area contributed by atoms with Gasteiger partial charge in [0, 0.05) is 6.21 Å². The van der Waals surface area contributed by atoms with E-state index in [1.165, 1.54) is 6.21 Å². The number of unbranched alkanes of at least 4 members (excludes halogenated alkanes) is 3. The van der Waals surface area contributed by atoms with Crippen LogP contribution in [0.25, 0.3) is 0 Å². The molecule has 0 aromatic heterocycles. The molecule has 0 aromatic carbocycles. The summed E-state index contributed by atoms with van der Waals surface area (Å²) in [5.74, 6) is 0. The van der Waals surface area contributed by atoms with E-state index in [9.17, 15) is 8.42 Å². The first kappa shape index (κ1) is 9.62. The Morgan fingerprint density at radius 3 is 2.60 bits per heavy atom. The van der Waals surface area contributed by atoms with Crippen LogP contribution in [0, 0.1) is 0 Å². The zero-order valence-corrected chi connectivity index (χ0v) is 7.01. The Morgan fingerprint density at radius 1 is 1.40 bits per heavy atom. The molecule has 0 atom stereocenters. The summed E-state index contributed by atoms with van der Waals surface area (Å²) in [5.41, 5.74) is 0. The Balaban J connectivity index is 3.18. The first-order valence-corrected chi connectivity index (χ1v) is 4.57. The van der Waals surface area contributed by atoms with Crippen LogP contribution in [0.1, 0.15) is 32.6 Å². The Hall–Kier alpha value is -0.380. The van der Waals surface area contributed by atoms with Crippen molar-refractivity contribution in [3.8, 4) is 0 Å². The van der Waals surface area contributed by atoms with E-state index in [0.717, 1.165) is 25.7 Å². The van der Waals surface area contributed by atoms with E-state index in [1.807, 2.05) is 0 Å². The van der Waals surface area contributed by atoms with Gasteiger partial charge in [0.05, 0.1) is 0 Å².